The molecule has 0 aliphatic carbocycles. The number of Topliss-reactive ketones (excluding diaryl/α,β-unsaturated/α-hetero) is 1. The highest BCUT2D eigenvalue weighted by Crippen LogP contribution is 2.32. The lowest BCUT2D eigenvalue weighted by atomic mass is 9.86. The van der Waals surface area contributed by atoms with Crippen LogP contribution in [0.15, 0.2) is 47.1 Å². The number of furan rings is 1. The Balaban J connectivity index is 1.49. The summed E-state index contributed by atoms with van der Waals surface area (Å²) in [4.78, 5) is 55.6. The van der Waals surface area contributed by atoms with Crippen LogP contribution < -0.4 is 5.32 Å². The number of ketones is 1. The van der Waals surface area contributed by atoms with E-state index in [-0.39, 0.29) is 53.2 Å². The molecule has 0 bridgehead atoms. The van der Waals surface area contributed by atoms with Crippen LogP contribution in [0.3, 0.4) is 0 Å². The van der Waals surface area contributed by atoms with Crippen LogP contribution in [-0.4, -0.2) is 64.5 Å². The Bertz CT molecular complexity index is 1130. The summed E-state index contributed by atoms with van der Waals surface area (Å²) in [6.45, 7) is 10.6. The van der Waals surface area contributed by atoms with Gasteiger partial charge in [-0.2, -0.15) is 0 Å². The number of benzene rings is 1. The minimum absolute atomic E-state index is 0.0303. The van der Waals surface area contributed by atoms with Gasteiger partial charge in [-0.25, -0.2) is 0 Å². The first-order chi connectivity index (χ1) is 17.0. The molecule has 2 aromatic rings. The minimum atomic E-state index is -0.763. The molecule has 0 radical (unpaired) electrons. The Morgan fingerprint density at radius 3 is 2.36 bits per heavy atom. The first-order valence-electron chi connectivity index (χ1n) is 12.6. The van der Waals surface area contributed by atoms with Crippen LogP contribution in [0.4, 0.5) is 0 Å². The van der Waals surface area contributed by atoms with Crippen molar-refractivity contribution in [2.75, 3.05) is 13.1 Å². The number of likely N-dealkylation sites (tertiary alicyclic amines) is 2. The summed E-state index contributed by atoms with van der Waals surface area (Å²) in [5.74, 6) is -0.791. The molecule has 3 atom stereocenters. The summed E-state index contributed by atoms with van der Waals surface area (Å²) in [7, 11) is 0. The molecule has 8 heteroatoms. The third-order valence-corrected chi connectivity index (χ3v) is 7.02. The van der Waals surface area contributed by atoms with Crippen LogP contribution in [0.25, 0.3) is 0 Å². The molecule has 0 spiro atoms. The molecule has 36 heavy (non-hydrogen) atoms. The topological polar surface area (TPSA) is 99.9 Å². The van der Waals surface area contributed by atoms with Gasteiger partial charge in [-0.05, 0) is 54.0 Å². The Hall–Kier alpha value is -3.42. The molecule has 2 aliphatic rings. The molecule has 2 saturated heterocycles. The van der Waals surface area contributed by atoms with Crippen LogP contribution >= 0.6 is 0 Å². The average Bonchev–Trinajstić information content (AvgIpc) is 3.56. The van der Waals surface area contributed by atoms with Crippen molar-refractivity contribution < 1.29 is 23.6 Å². The fourth-order valence-corrected chi connectivity index (χ4v) is 5.14. The Morgan fingerprint density at radius 1 is 1.08 bits per heavy atom. The molecule has 0 saturated carbocycles. The maximum atomic E-state index is 13.7. The highest BCUT2D eigenvalue weighted by Gasteiger charge is 2.52. The summed E-state index contributed by atoms with van der Waals surface area (Å²) < 4.78 is 5.23. The van der Waals surface area contributed by atoms with E-state index >= 15 is 0 Å². The second-order valence-corrected chi connectivity index (χ2v) is 11.2. The Labute approximate surface area is 212 Å². The van der Waals surface area contributed by atoms with E-state index in [1.54, 1.807) is 29.2 Å². The van der Waals surface area contributed by atoms with E-state index in [0.717, 1.165) is 5.56 Å². The monoisotopic (exact) mass is 493 g/mol. The molecule has 1 aromatic heterocycles. The molecule has 3 unspecified atom stereocenters. The number of amides is 3. The highest BCUT2D eigenvalue weighted by molar-refractivity contribution is 6.02. The zero-order valence-electron chi connectivity index (χ0n) is 21.6. The highest BCUT2D eigenvalue weighted by atomic mass is 16.3. The molecule has 4 rings (SSSR count). The van der Waals surface area contributed by atoms with E-state index < -0.39 is 12.1 Å². The van der Waals surface area contributed by atoms with Gasteiger partial charge in [0.15, 0.2) is 11.5 Å². The van der Waals surface area contributed by atoms with Crippen LogP contribution in [0, 0.1) is 5.92 Å². The standard InChI is InChI=1S/C28H35N3O5/c1-17(2)15-20(29-25(33)18-8-10-19(11-9-18)28(3,4)5)26(34)30-13-12-21-24(30)22(32)16-31(21)27(35)23-7-6-14-36-23/h6-11,14,17,20-21,24H,12-13,15-16H2,1-5H3,(H,29,33). The molecule has 1 aromatic carbocycles. The quantitative estimate of drug-likeness (QED) is 0.665. The fourth-order valence-electron chi connectivity index (χ4n) is 5.14. The Kier molecular flexibility index (Phi) is 7.07. The predicted octanol–water partition coefficient (Wildman–Crippen LogP) is 3.42. The normalized spacial score (nSPS) is 20.6. The summed E-state index contributed by atoms with van der Waals surface area (Å²) in [6.07, 6.45) is 2.37. The first-order valence-corrected chi connectivity index (χ1v) is 12.6. The summed E-state index contributed by atoms with van der Waals surface area (Å²) in [5.41, 5.74) is 1.57. The maximum absolute atomic E-state index is 13.7. The van der Waals surface area contributed by atoms with E-state index in [1.807, 2.05) is 26.0 Å². The number of hydrogen-bond acceptors (Lipinski definition) is 5. The van der Waals surface area contributed by atoms with Gasteiger partial charge in [-0.15, -0.1) is 0 Å². The largest absolute Gasteiger partial charge is 0.459 e. The number of rotatable bonds is 6. The van der Waals surface area contributed by atoms with E-state index in [9.17, 15) is 19.2 Å². The molecular formula is C28H35N3O5. The lowest BCUT2D eigenvalue weighted by Gasteiger charge is -2.29. The van der Waals surface area contributed by atoms with Gasteiger partial charge in [0, 0.05) is 12.1 Å². The number of nitrogens with one attached hydrogen (secondary N) is 1. The zero-order valence-corrected chi connectivity index (χ0v) is 21.6. The van der Waals surface area contributed by atoms with Crippen LogP contribution in [0.1, 0.15) is 73.9 Å². The number of fused-ring (bicyclic) bond motifs is 1. The lowest BCUT2D eigenvalue weighted by molar-refractivity contribution is -0.138. The van der Waals surface area contributed by atoms with Gasteiger partial charge < -0.3 is 19.5 Å². The maximum Gasteiger partial charge on any atom is 0.290 e. The van der Waals surface area contributed by atoms with Crippen molar-refractivity contribution in [1.82, 2.24) is 15.1 Å². The van der Waals surface area contributed by atoms with Crippen molar-refractivity contribution >= 4 is 23.5 Å². The second-order valence-electron chi connectivity index (χ2n) is 11.2. The van der Waals surface area contributed by atoms with Gasteiger partial charge in [0.25, 0.3) is 11.8 Å². The number of carbonyl (C=O) groups excluding carboxylic acids is 4. The van der Waals surface area contributed by atoms with Crippen molar-refractivity contribution in [2.24, 2.45) is 5.92 Å². The molecular weight excluding hydrogens is 458 g/mol. The summed E-state index contributed by atoms with van der Waals surface area (Å²) in [6, 6.07) is 8.76. The van der Waals surface area contributed by atoms with Crippen molar-refractivity contribution in [3.8, 4) is 0 Å². The van der Waals surface area contributed by atoms with Gasteiger partial charge in [-0.3, -0.25) is 19.2 Å². The van der Waals surface area contributed by atoms with Crippen molar-refractivity contribution in [3.63, 3.8) is 0 Å². The molecule has 192 valence electrons. The molecule has 3 heterocycles. The fraction of sp³-hybridized carbons (Fsp3) is 0.500. The lowest BCUT2D eigenvalue weighted by Crippen LogP contribution is -2.53. The van der Waals surface area contributed by atoms with Crippen molar-refractivity contribution in [1.29, 1.82) is 0 Å². The third-order valence-electron chi connectivity index (χ3n) is 7.02. The van der Waals surface area contributed by atoms with E-state index in [2.05, 4.69) is 26.1 Å². The number of nitrogens with zero attached hydrogens (tertiary/aromatic N) is 2. The SMILES string of the molecule is CC(C)CC(NC(=O)c1ccc(C(C)(C)C)cc1)C(=O)N1CCC2C1C(=O)CN2C(=O)c1ccco1. The first kappa shape index (κ1) is 25.7. The Morgan fingerprint density at radius 2 is 1.78 bits per heavy atom. The van der Waals surface area contributed by atoms with E-state index in [0.29, 0.717) is 24.9 Å². The minimum Gasteiger partial charge on any atom is -0.459 e. The van der Waals surface area contributed by atoms with Gasteiger partial charge in [0.05, 0.1) is 18.8 Å². The average molecular weight is 494 g/mol. The summed E-state index contributed by atoms with van der Waals surface area (Å²) >= 11 is 0. The van der Waals surface area contributed by atoms with Gasteiger partial charge in [-0.1, -0.05) is 46.8 Å². The van der Waals surface area contributed by atoms with Crippen LogP contribution in [0.5, 0.6) is 0 Å². The number of hydrogen-bond donors (Lipinski definition) is 1. The van der Waals surface area contributed by atoms with Crippen molar-refractivity contribution in [3.05, 3.63) is 59.5 Å². The molecule has 2 aliphatic heterocycles. The van der Waals surface area contributed by atoms with E-state index in [4.69, 9.17) is 4.42 Å². The van der Waals surface area contributed by atoms with E-state index in [1.165, 1.54) is 11.2 Å². The predicted molar refractivity (Wildman–Crippen MR) is 135 cm³/mol. The second kappa shape index (κ2) is 9.91. The van der Waals surface area contributed by atoms with Gasteiger partial charge >= 0.3 is 0 Å². The van der Waals surface area contributed by atoms with Gasteiger partial charge in [0.1, 0.15) is 12.1 Å². The summed E-state index contributed by atoms with van der Waals surface area (Å²) in [5, 5.41) is 2.91. The molecule has 8 nitrogen and oxygen atoms in total. The smallest absolute Gasteiger partial charge is 0.290 e. The molecule has 3 amide bonds. The molecule has 1 N–H and O–H groups in total. The van der Waals surface area contributed by atoms with Gasteiger partial charge in [0.2, 0.25) is 5.91 Å². The van der Waals surface area contributed by atoms with Crippen LogP contribution in [-0.2, 0) is 15.0 Å². The zero-order chi connectivity index (χ0) is 26.2. The third kappa shape index (κ3) is 5.08. The number of carbonyl (C=O) groups is 4. The van der Waals surface area contributed by atoms with Crippen LogP contribution in [0.2, 0.25) is 0 Å². The molecule has 2 fully saturated rings. The van der Waals surface area contributed by atoms with Crippen molar-refractivity contribution in [2.45, 2.75) is 71.0 Å².